The number of para-hydroxylation sites is 1. The highest BCUT2D eigenvalue weighted by Gasteiger charge is 2.18. The van der Waals surface area contributed by atoms with E-state index < -0.39 is 39.6 Å². The number of amides is 1. The summed E-state index contributed by atoms with van der Waals surface area (Å²) in [7, 11) is -3.69. The van der Waals surface area contributed by atoms with E-state index in [0.29, 0.717) is 5.69 Å². The van der Waals surface area contributed by atoms with Gasteiger partial charge in [0.2, 0.25) is 5.91 Å². The number of hydrogen-bond acceptors (Lipinski definition) is 4. The maximum absolute atomic E-state index is 11.4. The summed E-state index contributed by atoms with van der Waals surface area (Å²) in [6.45, 7) is 0. The minimum absolute atomic E-state index is 0.496. The minimum atomic E-state index is -3.69. The van der Waals surface area contributed by atoms with Crippen molar-refractivity contribution in [2.24, 2.45) is 0 Å². The lowest BCUT2D eigenvalue weighted by Crippen LogP contribution is -2.25. The van der Waals surface area contributed by atoms with E-state index >= 15 is 0 Å². The normalized spacial score (nSPS) is 10.9. The Morgan fingerprint density at radius 2 is 1.78 bits per heavy atom. The number of sulfone groups is 1. The second-order valence-corrected chi connectivity index (χ2v) is 5.83. The number of nitrogens with one attached hydrogen (secondary N) is 1. The first-order valence-corrected chi connectivity index (χ1v) is 6.98. The molecule has 1 amide bonds. The Hall–Kier alpha value is -1.89. The average Bonchev–Trinajstić information content (AvgIpc) is 2.27. The van der Waals surface area contributed by atoms with Gasteiger partial charge in [-0.2, -0.15) is 0 Å². The summed E-state index contributed by atoms with van der Waals surface area (Å²) in [6, 6.07) is 8.42. The molecule has 2 N–H and O–H groups in total. The highest BCUT2D eigenvalue weighted by Crippen LogP contribution is 2.05. The molecule has 6 nitrogen and oxygen atoms in total. The van der Waals surface area contributed by atoms with Crippen molar-refractivity contribution in [2.45, 2.75) is 6.42 Å². The molecule has 0 aliphatic rings. The van der Waals surface area contributed by atoms with Crippen LogP contribution in [0.25, 0.3) is 0 Å². The predicted octanol–water partition coefficient (Wildman–Crippen LogP) is 0.515. The highest BCUT2D eigenvalue weighted by atomic mass is 32.2. The lowest BCUT2D eigenvalue weighted by Gasteiger charge is -2.05. The predicted molar refractivity (Wildman–Crippen MR) is 66.0 cm³/mol. The molecule has 1 rings (SSSR count). The second-order valence-electron chi connectivity index (χ2n) is 3.65. The first-order valence-electron chi connectivity index (χ1n) is 5.16. The maximum atomic E-state index is 11.4. The molecule has 98 valence electrons. The fourth-order valence-electron chi connectivity index (χ4n) is 1.23. The molecule has 0 atom stereocenters. The minimum Gasteiger partial charge on any atom is -0.481 e. The Labute approximate surface area is 105 Å². The molecule has 0 radical (unpaired) electrons. The number of carboxylic acids is 1. The quantitative estimate of drug-likeness (QED) is 0.785. The molecule has 1 aromatic carbocycles. The van der Waals surface area contributed by atoms with Crippen molar-refractivity contribution in [3.8, 4) is 0 Å². The number of carbonyl (C=O) groups excluding carboxylic acids is 1. The fourth-order valence-corrected chi connectivity index (χ4v) is 2.33. The molecule has 7 heteroatoms. The van der Waals surface area contributed by atoms with Gasteiger partial charge in [0.25, 0.3) is 0 Å². The molecule has 0 aliphatic carbocycles. The van der Waals surface area contributed by atoms with Crippen LogP contribution in [-0.4, -0.2) is 36.9 Å². The van der Waals surface area contributed by atoms with Gasteiger partial charge in [-0.1, -0.05) is 18.2 Å². The van der Waals surface area contributed by atoms with Gasteiger partial charge in [-0.15, -0.1) is 0 Å². The first kappa shape index (κ1) is 14.2. The van der Waals surface area contributed by atoms with Crippen LogP contribution < -0.4 is 5.32 Å². The van der Waals surface area contributed by atoms with Crippen molar-refractivity contribution >= 4 is 27.4 Å². The van der Waals surface area contributed by atoms with Crippen LogP contribution in [0.5, 0.6) is 0 Å². The van der Waals surface area contributed by atoms with Gasteiger partial charge in [0.1, 0.15) is 5.75 Å². The standard InChI is InChI=1S/C11H13NO5S/c13-10(12-9-4-2-1-3-5-9)8-18(16,17)7-6-11(14)15/h1-5H,6-8H2,(H,12,13)(H,14,15). The van der Waals surface area contributed by atoms with Crippen molar-refractivity contribution in [1.29, 1.82) is 0 Å². The molecule has 0 saturated heterocycles. The van der Waals surface area contributed by atoms with Crippen molar-refractivity contribution in [1.82, 2.24) is 0 Å². The Morgan fingerprint density at radius 1 is 1.17 bits per heavy atom. The smallest absolute Gasteiger partial charge is 0.304 e. The third kappa shape index (κ3) is 5.44. The average molecular weight is 271 g/mol. The molecular weight excluding hydrogens is 258 g/mol. The highest BCUT2D eigenvalue weighted by molar-refractivity contribution is 7.92. The van der Waals surface area contributed by atoms with Gasteiger partial charge >= 0.3 is 5.97 Å². The van der Waals surface area contributed by atoms with E-state index in [1.54, 1.807) is 30.3 Å². The summed E-state index contributed by atoms with van der Waals surface area (Å²) in [6.07, 6.45) is -0.499. The van der Waals surface area contributed by atoms with Gasteiger partial charge in [-0.25, -0.2) is 8.42 Å². The topological polar surface area (TPSA) is 101 Å². The van der Waals surface area contributed by atoms with E-state index in [0.717, 1.165) is 0 Å². The van der Waals surface area contributed by atoms with E-state index in [1.165, 1.54) is 0 Å². The lowest BCUT2D eigenvalue weighted by molar-refractivity contribution is -0.136. The Bertz CT molecular complexity index is 524. The molecule has 0 aromatic heterocycles. The van der Waals surface area contributed by atoms with Gasteiger partial charge < -0.3 is 10.4 Å². The molecule has 0 bridgehead atoms. The number of carbonyl (C=O) groups is 2. The molecule has 0 saturated carbocycles. The van der Waals surface area contributed by atoms with E-state index in [-0.39, 0.29) is 0 Å². The number of rotatable bonds is 6. The zero-order valence-corrected chi connectivity index (χ0v) is 10.3. The molecule has 18 heavy (non-hydrogen) atoms. The molecule has 0 heterocycles. The zero-order chi connectivity index (χ0) is 13.6. The van der Waals surface area contributed by atoms with E-state index in [9.17, 15) is 18.0 Å². The van der Waals surface area contributed by atoms with Gasteiger partial charge in [-0.05, 0) is 12.1 Å². The summed E-state index contributed by atoms with van der Waals surface area (Å²) in [4.78, 5) is 21.7. The van der Waals surface area contributed by atoms with Gasteiger partial charge in [0.05, 0.1) is 12.2 Å². The SMILES string of the molecule is O=C(O)CCS(=O)(=O)CC(=O)Nc1ccccc1. The summed E-state index contributed by atoms with van der Waals surface area (Å²) in [5.74, 6) is -3.13. The van der Waals surface area contributed by atoms with Crippen LogP contribution in [0.1, 0.15) is 6.42 Å². The summed E-state index contributed by atoms with van der Waals surface area (Å²) in [5, 5.41) is 10.8. The third-order valence-corrected chi connectivity index (χ3v) is 3.56. The van der Waals surface area contributed by atoms with Gasteiger partial charge in [-0.3, -0.25) is 9.59 Å². The summed E-state index contributed by atoms with van der Waals surface area (Å²) >= 11 is 0. The van der Waals surface area contributed by atoms with Crippen molar-refractivity contribution < 1.29 is 23.1 Å². The first-order chi connectivity index (χ1) is 8.39. The number of hydrogen-bond donors (Lipinski definition) is 2. The Kier molecular flexibility index (Phi) is 4.85. The van der Waals surface area contributed by atoms with Crippen LogP contribution in [0.15, 0.2) is 30.3 Å². The molecule has 0 fully saturated rings. The van der Waals surface area contributed by atoms with Gasteiger partial charge in [0, 0.05) is 5.69 Å². The largest absolute Gasteiger partial charge is 0.481 e. The van der Waals surface area contributed by atoms with E-state index in [1.807, 2.05) is 0 Å². The second kappa shape index (κ2) is 6.15. The van der Waals surface area contributed by atoms with Crippen LogP contribution in [0, 0.1) is 0 Å². The molecule has 0 aliphatic heterocycles. The van der Waals surface area contributed by atoms with E-state index in [4.69, 9.17) is 5.11 Å². The number of carboxylic acid groups (broad SMARTS) is 1. The monoisotopic (exact) mass is 271 g/mol. The van der Waals surface area contributed by atoms with Crippen LogP contribution in [0.4, 0.5) is 5.69 Å². The van der Waals surface area contributed by atoms with Crippen LogP contribution >= 0.6 is 0 Å². The number of aliphatic carboxylic acids is 1. The molecule has 0 spiro atoms. The van der Waals surface area contributed by atoms with Crippen molar-refractivity contribution in [3.63, 3.8) is 0 Å². The van der Waals surface area contributed by atoms with E-state index in [2.05, 4.69) is 5.32 Å². The van der Waals surface area contributed by atoms with Crippen molar-refractivity contribution in [3.05, 3.63) is 30.3 Å². The van der Waals surface area contributed by atoms with Gasteiger partial charge in [0.15, 0.2) is 9.84 Å². The third-order valence-electron chi connectivity index (χ3n) is 2.04. The van der Waals surface area contributed by atoms with Crippen LogP contribution in [0.2, 0.25) is 0 Å². The fraction of sp³-hybridized carbons (Fsp3) is 0.273. The summed E-state index contributed by atoms with van der Waals surface area (Å²) in [5.41, 5.74) is 0.496. The molecular formula is C11H13NO5S. The zero-order valence-electron chi connectivity index (χ0n) is 9.50. The Morgan fingerprint density at radius 3 is 2.33 bits per heavy atom. The molecule has 0 unspecified atom stereocenters. The number of anilines is 1. The summed E-state index contributed by atoms with van der Waals surface area (Å²) < 4.78 is 22.8. The lowest BCUT2D eigenvalue weighted by atomic mass is 10.3. The number of benzene rings is 1. The van der Waals surface area contributed by atoms with Crippen molar-refractivity contribution in [2.75, 3.05) is 16.8 Å². The van der Waals surface area contributed by atoms with Crippen LogP contribution in [0.3, 0.4) is 0 Å². The maximum Gasteiger partial charge on any atom is 0.304 e. The Balaban J connectivity index is 2.52. The molecule has 1 aromatic rings. The van der Waals surface area contributed by atoms with Crippen LogP contribution in [-0.2, 0) is 19.4 Å².